The fourth-order valence-electron chi connectivity index (χ4n) is 1.12. The molecule has 0 aliphatic carbocycles. The number of hydrogen-bond acceptors (Lipinski definition) is 5. The van der Waals surface area contributed by atoms with E-state index >= 15 is 0 Å². The van der Waals surface area contributed by atoms with Gasteiger partial charge in [-0.25, -0.2) is 18.4 Å². The first-order valence-electron chi connectivity index (χ1n) is 4.95. The summed E-state index contributed by atoms with van der Waals surface area (Å²) >= 11 is 5.75. The molecule has 0 saturated heterocycles. The zero-order valence-electron chi connectivity index (χ0n) is 9.79. The number of rotatable bonds is 4. The van der Waals surface area contributed by atoms with E-state index in [0.29, 0.717) is 0 Å². The molecule has 0 aromatic heterocycles. The zero-order valence-corrected chi connectivity index (χ0v) is 11.4. The lowest BCUT2D eigenvalue weighted by molar-refractivity contribution is -0.125. The zero-order chi connectivity index (χ0) is 14.8. The number of esters is 1. The van der Waals surface area contributed by atoms with Crippen LogP contribution in [0.2, 0.25) is 5.02 Å². The van der Waals surface area contributed by atoms with Crippen molar-refractivity contribution in [3.8, 4) is 0 Å². The highest BCUT2D eigenvalue weighted by Crippen LogP contribution is 2.21. The van der Waals surface area contributed by atoms with Gasteiger partial charge in [0.1, 0.15) is 0 Å². The van der Waals surface area contributed by atoms with E-state index in [4.69, 9.17) is 27.2 Å². The number of primary sulfonamides is 1. The van der Waals surface area contributed by atoms with E-state index in [0.717, 1.165) is 12.1 Å². The quantitative estimate of drug-likeness (QED) is 0.757. The summed E-state index contributed by atoms with van der Waals surface area (Å²) in [6, 6.07) is 3.30. The predicted molar refractivity (Wildman–Crippen MR) is 66.9 cm³/mol. The molecule has 1 unspecified atom stereocenters. The van der Waals surface area contributed by atoms with Gasteiger partial charge in [-0.3, -0.25) is 4.79 Å². The summed E-state index contributed by atoms with van der Waals surface area (Å²) in [4.78, 5) is 22.2. The lowest BCUT2D eigenvalue weighted by atomic mass is 10.2. The highest BCUT2D eigenvalue weighted by Gasteiger charge is 2.20. The Bertz CT molecular complexity index is 629. The van der Waals surface area contributed by atoms with Crippen molar-refractivity contribution >= 4 is 33.5 Å². The molecule has 1 amide bonds. The number of sulfonamides is 1. The highest BCUT2D eigenvalue weighted by atomic mass is 35.5. The molecule has 4 N–H and O–H groups in total. The molecule has 0 fully saturated rings. The summed E-state index contributed by atoms with van der Waals surface area (Å²) < 4.78 is 27.0. The highest BCUT2D eigenvalue weighted by molar-refractivity contribution is 7.89. The van der Waals surface area contributed by atoms with Gasteiger partial charge in [0.15, 0.2) is 6.10 Å². The van der Waals surface area contributed by atoms with Crippen LogP contribution < -0.4 is 10.9 Å². The van der Waals surface area contributed by atoms with Crippen LogP contribution in [0, 0.1) is 0 Å². The third kappa shape index (κ3) is 3.91. The number of carbonyl (C=O) groups excluding carboxylic acids is 2. The molecule has 0 saturated carbocycles. The number of hydrogen-bond donors (Lipinski definition) is 2. The molecule has 1 aromatic rings. The van der Waals surface area contributed by atoms with Gasteiger partial charge < -0.3 is 10.5 Å². The van der Waals surface area contributed by atoms with Crippen molar-refractivity contribution in [2.75, 3.05) is 0 Å². The van der Waals surface area contributed by atoms with Crippen molar-refractivity contribution in [2.24, 2.45) is 10.9 Å². The van der Waals surface area contributed by atoms with Crippen molar-refractivity contribution < 1.29 is 22.7 Å². The summed E-state index contributed by atoms with van der Waals surface area (Å²) in [6.45, 7) is 1.28. The molecule has 104 valence electrons. The molecule has 0 spiro atoms. The number of halogens is 1. The number of amides is 1. The summed E-state index contributed by atoms with van der Waals surface area (Å²) in [5, 5.41) is 4.89. The van der Waals surface area contributed by atoms with E-state index in [-0.39, 0.29) is 15.5 Å². The molecular weight excluding hydrogens is 296 g/mol. The fraction of sp³-hybridized carbons (Fsp3) is 0.200. The molecule has 0 aliphatic heterocycles. The summed E-state index contributed by atoms with van der Waals surface area (Å²) in [5.41, 5.74) is 4.71. The predicted octanol–water partition coefficient (Wildman–Crippen LogP) is 0.0180. The van der Waals surface area contributed by atoms with Gasteiger partial charge in [-0.15, -0.1) is 0 Å². The second-order valence-electron chi connectivity index (χ2n) is 3.64. The first kappa shape index (κ1) is 15.4. The maximum Gasteiger partial charge on any atom is 0.340 e. The molecule has 0 radical (unpaired) electrons. The Kier molecular flexibility index (Phi) is 4.51. The SMILES string of the molecule is CC(OC(=O)c1cc(S(N)(=O)=O)ccc1Cl)C(N)=O. The van der Waals surface area contributed by atoms with Crippen LogP contribution in [-0.4, -0.2) is 26.4 Å². The molecule has 0 aliphatic rings. The van der Waals surface area contributed by atoms with Gasteiger partial charge in [0.05, 0.1) is 15.5 Å². The maximum absolute atomic E-state index is 11.7. The van der Waals surface area contributed by atoms with Crippen LogP contribution in [0.25, 0.3) is 0 Å². The molecule has 7 nitrogen and oxygen atoms in total. The fourth-order valence-corrected chi connectivity index (χ4v) is 1.85. The van der Waals surface area contributed by atoms with Gasteiger partial charge in [0.25, 0.3) is 5.91 Å². The summed E-state index contributed by atoms with van der Waals surface area (Å²) in [6.07, 6.45) is -1.17. The lowest BCUT2D eigenvalue weighted by Gasteiger charge is -2.11. The number of ether oxygens (including phenoxy) is 1. The Hall–Kier alpha value is -1.64. The van der Waals surface area contributed by atoms with Crippen molar-refractivity contribution in [1.29, 1.82) is 0 Å². The molecular formula is C10H11ClN2O5S. The minimum Gasteiger partial charge on any atom is -0.449 e. The first-order chi connectivity index (χ1) is 8.62. The van der Waals surface area contributed by atoms with Crippen LogP contribution in [-0.2, 0) is 19.6 Å². The van der Waals surface area contributed by atoms with E-state index in [2.05, 4.69) is 0 Å². The van der Waals surface area contributed by atoms with E-state index in [1.807, 2.05) is 0 Å². The second-order valence-corrected chi connectivity index (χ2v) is 5.61. The number of carbonyl (C=O) groups is 2. The van der Waals surface area contributed by atoms with Crippen LogP contribution in [0.5, 0.6) is 0 Å². The molecule has 9 heteroatoms. The van der Waals surface area contributed by atoms with E-state index in [9.17, 15) is 18.0 Å². The molecule has 0 heterocycles. The van der Waals surface area contributed by atoms with E-state index < -0.39 is 28.0 Å². The number of benzene rings is 1. The molecule has 1 rings (SSSR count). The lowest BCUT2D eigenvalue weighted by Crippen LogP contribution is -2.30. The molecule has 1 aromatic carbocycles. The Balaban J connectivity index is 3.13. The third-order valence-electron chi connectivity index (χ3n) is 2.17. The Morgan fingerprint density at radius 1 is 1.37 bits per heavy atom. The minimum atomic E-state index is -3.98. The number of nitrogens with two attached hydrogens (primary N) is 2. The van der Waals surface area contributed by atoms with Gasteiger partial charge in [0, 0.05) is 0 Å². The van der Waals surface area contributed by atoms with Crippen LogP contribution in [0.15, 0.2) is 23.1 Å². The monoisotopic (exact) mass is 306 g/mol. The minimum absolute atomic E-state index is 0.0333. The second kappa shape index (κ2) is 5.55. The normalized spacial score (nSPS) is 12.8. The largest absolute Gasteiger partial charge is 0.449 e. The van der Waals surface area contributed by atoms with Crippen LogP contribution in [0.4, 0.5) is 0 Å². The number of primary amides is 1. The van der Waals surface area contributed by atoms with E-state index in [1.54, 1.807) is 0 Å². The molecule has 1 atom stereocenters. The van der Waals surface area contributed by atoms with Gasteiger partial charge in [-0.2, -0.15) is 0 Å². The van der Waals surface area contributed by atoms with Gasteiger partial charge in [-0.1, -0.05) is 11.6 Å². The van der Waals surface area contributed by atoms with Crippen molar-refractivity contribution in [2.45, 2.75) is 17.9 Å². The molecule has 0 bridgehead atoms. The van der Waals surface area contributed by atoms with Crippen LogP contribution >= 0.6 is 11.6 Å². The Labute approximate surface area is 114 Å². The van der Waals surface area contributed by atoms with E-state index in [1.165, 1.54) is 13.0 Å². The Morgan fingerprint density at radius 3 is 2.42 bits per heavy atom. The van der Waals surface area contributed by atoms with Crippen LogP contribution in [0.1, 0.15) is 17.3 Å². The van der Waals surface area contributed by atoms with Crippen molar-refractivity contribution in [3.05, 3.63) is 28.8 Å². The average molecular weight is 307 g/mol. The maximum atomic E-state index is 11.7. The summed E-state index contributed by atoms with van der Waals surface area (Å²) in [7, 11) is -3.98. The van der Waals surface area contributed by atoms with Gasteiger partial charge in [0.2, 0.25) is 10.0 Å². The van der Waals surface area contributed by atoms with Crippen molar-refractivity contribution in [1.82, 2.24) is 0 Å². The first-order valence-corrected chi connectivity index (χ1v) is 6.88. The topological polar surface area (TPSA) is 130 Å². The van der Waals surface area contributed by atoms with Gasteiger partial charge >= 0.3 is 5.97 Å². The third-order valence-corrected chi connectivity index (χ3v) is 3.41. The van der Waals surface area contributed by atoms with Gasteiger partial charge in [-0.05, 0) is 25.1 Å². The smallest absolute Gasteiger partial charge is 0.340 e. The summed E-state index contributed by atoms with van der Waals surface area (Å²) in [5.74, 6) is -1.81. The van der Waals surface area contributed by atoms with Crippen molar-refractivity contribution in [3.63, 3.8) is 0 Å². The molecule has 19 heavy (non-hydrogen) atoms. The van der Waals surface area contributed by atoms with Crippen LogP contribution in [0.3, 0.4) is 0 Å². The standard InChI is InChI=1S/C10H11ClN2O5S/c1-5(9(12)14)18-10(15)7-4-6(19(13,16)17)2-3-8(7)11/h2-5H,1H3,(H2,12,14)(H2,13,16,17). The Morgan fingerprint density at radius 2 is 1.95 bits per heavy atom. The average Bonchev–Trinajstić information content (AvgIpc) is 2.27.